The molecule has 2 nitrogen and oxygen atoms in total. The molecule has 1 aliphatic heterocycles. The molecule has 1 saturated heterocycles. The van der Waals surface area contributed by atoms with Gasteiger partial charge in [0.1, 0.15) is 0 Å². The molecule has 1 heterocycles. The van der Waals surface area contributed by atoms with Crippen molar-refractivity contribution in [2.24, 2.45) is 0 Å². The fraction of sp³-hybridized carbons (Fsp3) is 0.611. The lowest BCUT2D eigenvalue weighted by Gasteiger charge is -2.25. The lowest BCUT2D eigenvalue weighted by atomic mass is 9.90. The van der Waals surface area contributed by atoms with Gasteiger partial charge in [0.25, 0.3) is 0 Å². The van der Waals surface area contributed by atoms with E-state index >= 15 is 0 Å². The quantitative estimate of drug-likeness (QED) is 0.722. The summed E-state index contributed by atoms with van der Waals surface area (Å²) in [4.78, 5) is 13.8. The van der Waals surface area contributed by atoms with Crippen molar-refractivity contribution in [2.45, 2.75) is 64.3 Å². The Labute approximate surface area is 123 Å². The Balaban J connectivity index is 1.78. The molecule has 0 N–H and O–H groups in total. The largest absolute Gasteiger partial charge is 0.340 e. The average molecular weight is 273 g/mol. The molecule has 2 atom stereocenters. The fourth-order valence-electron chi connectivity index (χ4n) is 3.28. The van der Waals surface area contributed by atoms with Crippen LogP contribution in [0, 0.1) is 0 Å². The summed E-state index contributed by atoms with van der Waals surface area (Å²) in [6.07, 6.45) is 6.57. The molecule has 0 saturated carbocycles. The van der Waals surface area contributed by atoms with E-state index in [0.29, 0.717) is 17.9 Å². The van der Waals surface area contributed by atoms with Gasteiger partial charge in [0, 0.05) is 19.0 Å². The van der Waals surface area contributed by atoms with Gasteiger partial charge in [0.15, 0.2) is 0 Å². The van der Waals surface area contributed by atoms with Crippen LogP contribution in [-0.4, -0.2) is 23.4 Å². The second kappa shape index (κ2) is 7.47. The highest BCUT2D eigenvalue weighted by Crippen LogP contribution is 2.26. The molecule has 0 spiro atoms. The number of hydrogen-bond donors (Lipinski definition) is 0. The lowest BCUT2D eigenvalue weighted by Crippen LogP contribution is -2.33. The molecule has 2 rings (SSSR count). The van der Waals surface area contributed by atoms with E-state index in [2.05, 4.69) is 49.1 Å². The molecule has 1 aromatic rings. The standard InChI is InChI=1S/C18H27NO/c1-3-16(17-10-5-4-6-11-17)12-7-9-15(2)19-14-8-13-18(19)20/h4-6,10-11,15-16H,3,7-9,12-14H2,1-2H3. The Bertz CT molecular complexity index is 415. The van der Waals surface area contributed by atoms with Gasteiger partial charge in [-0.1, -0.05) is 43.7 Å². The molecular weight excluding hydrogens is 246 g/mol. The zero-order valence-corrected chi connectivity index (χ0v) is 12.8. The van der Waals surface area contributed by atoms with Gasteiger partial charge in [0.2, 0.25) is 5.91 Å². The van der Waals surface area contributed by atoms with Crippen LogP contribution in [0.4, 0.5) is 0 Å². The summed E-state index contributed by atoms with van der Waals surface area (Å²) in [5, 5.41) is 0. The van der Waals surface area contributed by atoms with E-state index < -0.39 is 0 Å². The average Bonchev–Trinajstić information content (AvgIpc) is 2.90. The van der Waals surface area contributed by atoms with Gasteiger partial charge in [-0.25, -0.2) is 0 Å². The minimum absolute atomic E-state index is 0.354. The topological polar surface area (TPSA) is 20.3 Å². The van der Waals surface area contributed by atoms with Gasteiger partial charge in [0.05, 0.1) is 0 Å². The first-order chi connectivity index (χ1) is 9.72. The SMILES string of the molecule is CCC(CCCC(C)N1CCCC1=O)c1ccccc1. The Morgan fingerprint density at radius 1 is 1.20 bits per heavy atom. The summed E-state index contributed by atoms with van der Waals surface area (Å²) >= 11 is 0. The van der Waals surface area contributed by atoms with Crippen molar-refractivity contribution in [3.8, 4) is 0 Å². The van der Waals surface area contributed by atoms with Crippen molar-refractivity contribution in [1.82, 2.24) is 4.90 Å². The van der Waals surface area contributed by atoms with Crippen LogP contribution in [0.5, 0.6) is 0 Å². The Hall–Kier alpha value is -1.31. The van der Waals surface area contributed by atoms with Crippen molar-refractivity contribution in [3.63, 3.8) is 0 Å². The number of carbonyl (C=O) groups excluding carboxylic acids is 1. The minimum atomic E-state index is 0.354. The zero-order valence-electron chi connectivity index (χ0n) is 12.8. The summed E-state index contributed by atoms with van der Waals surface area (Å²) in [5.41, 5.74) is 1.46. The molecule has 1 aromatic carbocycles. The summed E-state index contributed by atoms with van der Waals surface area (Å²) in [7, 11) is 0. The van der Waals surface area contributed by atoms with Crippen LogP contribution in [-0.2, 0) is 4.79 Å². The molecule has 1 aliphatic rings. The number of likely N-dealkylation sites (tertiary alicyclic amines) is 1. The molecule has 1 amide bonds. The van der Waals surface area contributed by atoms with Crippen LogP contribution < -0.4 is 0 Å². The highest BCUT2D eigenvalue weighted by Gasteiger charge is 2.24. The maximum absolute atomic E-state index is 11.7. The van der Waals surface area contributed by atoms with Crippen molar-refractivity contribution in [2.75, 3.05) is 6.54 Å². The van der Waals surface area contributed by atoms with Gasteiger partial charge in [-0.2, -0.15) is 0 Å². The summed E-state index contributed by atoms with van der Waals surface area (Å²) < 4.78 is 0. The van der Waals surface area contributed by atoms with Crippen LogP contribution in [0.15, 0.2) is 30.3 Å². The minimum Gasteiger partial charge on any atom is -0.340 e. The third-order valence-corrected chi connectivity index (χ3v) is 4.58. The molecule has 2 unspecified atom stereocenters. The molecule has 2 heteroatoms. The van der Waals surface area contributed by atoms with Crippen LogP contribution in [0.3, 0.4) is 0 Å². The molecule has 0 bridgehead atoms. The van der Waals surface area contributed by atoms with Crippen molar-refractivity contribution < 1.29 is 4.79 Å². The smallest absolute Gasteiger partial charge is 0.222 e. The number of amides is 1. The molecule has 0 aliphatic carbocycles. The third-order valence-electron chi connectivity index (χ3n) is 4.58. The molecule has 1 fully saturated rings. The van der Waals surface area contributed by atoms with E-state index in [4.69, 9.17) is 0 Å². The van der Waals surface area contributed by atoms with Gasteiger partial charge < -0.3 is 4.90 Å². The highest BCUT2D eigenvalue weighted by molar-refractivity contribution is 5.78. The van der Waals surface area contributed by atoms with E-state index in [1.807, 2.05) is 0 Å². The van der Waals surface area contributed by atoms with Crippen LogP contribution >= 0.6 is 0 Å². The number of hydrogen-bond acceptors (Lipinski definition) is 1. The first-order valence-electron chi connectivity index (χ1n) is 8.06. The van der Waals surface area contributed by atoms with E-state index in [0.717, 1.165) is 25.8 Å². The maximum Gasteiger partial charge on any atom is 0.222 e. The van der Waals surface area contributed by atoms with Gasteiger partial charge in [-0.3, -0.25) is 4.79 Å². The first-order valence-corrected chi connectivity index (χ1v) is 8.06. The summed E-state index contributed by atoms with van der Waals surface area (Å²) in [5.74, 6) is 1.02. The molecule has 0 radical (unpaired) electrons. The molecule has 0 aromatic heterocycles. The molecule has 110 valence electrons. The number of benzene rings is 1. The summed E-state index contributed by atoms with van der Waals surface area (Å²) in [6.45, 7) is 5.44. The van der Waals surface area contributed by atoms with Crippen molar-refractivity contribution >= 4 is 5.91 Å². The highest BCUT2D eigenvalue weighted by atomic mass is 16.2. The summed E-state index contributed by atoms with van der Waals surface area (Å²) in [6, 6.07) is 11.2. The lowest BCUT2D eigenvalue weighted by molar-refractivity contribution is -0.129. The second-order valence-corrected chi connectivity index (χ2v) is 5.99. The number of nitrogens with zero attached hydrogens (tertiary/aromatic N) is 1. The number of carbonyl (C=O) groups is 1. The third kappa shape index (κ3) is 3.84. The Morgan fingerprint density at radius 3 is 2.55 bits per heavy atom. The molecular formula is C18H27NO. The van der Waals surface area contributed by atoms with Gasteiger partial charge >= 0.3 is 0 Å². The maximum atomic E-state index is 11.7. The van der Waals surface area contributed by atoms with E-state index in [-0.39, 0.29) is 0 Å². The predicted molar refractivity (Wildman–Crippen MR) is 83.7 cm³/mol. The van der Waals surface area contributed by atoms with Crippen LogP contribution in [0.1, 0.15) is 63.9 Å². The monoisotopic (exact) mass is 273 g/mol. The Morgan fingerprint density at radius 2 is 1.95 bits per heavy atom. The van der Waals surface area contributed by atoms with Crippen LogP contribution in [0.2, 0.25) is 0 Å². The van der Waals surface area contributed by atoms with Crippen molar-refractivity contribution in [1.29, 1.82) is 0 Å². The fourth-order valence-corrected chi connectivity index (χ4v) is 3.28. The van der Waals surface area contributed by atoms with E-state index in [1.165, 1.54) is 24.8 Å². The first kappa shape index (κ1) is 15.1. The van der Waals surface area contributed by atoms with Crippen molar-refractivity contribution in [3.05, 3.63) is 35.9 Å². The van der Waals surface area contributed by atoms with E-state index in [1.54, 1.807) is 0 Å². The predicted octanol–water partition coefficient (Wildman–Crippen LogP) is 4.36. The normalized spacial score (nSPS) is 18.3. The van der Waals surface area contributed by atoms with E-state index in [9.17, 15) is 4.79 Å². The number of rotatable bonds is 7. The second-order valence-electron chi connectivity index (χ2n) is 5.99. The zero-order chi connectivity index (χ0) is 14.4. The van der Waals surface area contributed by atoms with Gasteiger partial charge in [-0.15, -0.1) is 0 Å². The van der Waals surface area contributed by atoms with Gasteiger partial charge in [-0.05, 0) is 44.1 Å². The Kier molecular flexibility index (Phi) is 5.63. The molecule has 20 heavy (non-hydrogen) atoms. The van der Waals surface area contributed by atoms with Crippen LogP contribution in [0.25, 0.3) is 0 Å².